The van der Waals surface area contributed by atoms with Crippen LogP contribution in [0.2, 0.25) is 0 Å². The molecule has 0 saturated carbocycles. The van der Waals surface area contributed by atoms with Crippen molar-refractivity contribution in [2.75, 3.05) is 0 Å². The van der Waals surface area contributed by atoms with Gasteiger partial charge in [-0.1, -0.05) is 0 Å². The van der Waals surface area contributed by atoms with Crippen LogP contribution in [-0.2, 0) is 14.3 Å². The first-order valence-electron chi connectivity index (χ1n) is 5.04. The molecule has 100 valence electrons. The molecule has 1 unspecified atom stereocenters. The van der Waals surface area contributed by atoms with Crippen LogP contribution in [0.25, 0.3) is 0 Å². The van der Waals surface area contributed by atoms with Crippen molar-refractivity contribution in [2.45, 2.75) is 51.4 Å². The zero-order valence-electron chi connectivity index (χ0n) is 9.93. The number of halogens is 3. The molecule has 0 radical (unpaired) electrons. The van der Waals surface area contributed by atoms with Crippen molar-refractivity contribution in [3.63, 3.8) is 0 Å². The lowest BCUT2D eigenvalue weighted by molar-refractivity contribution is -0.154. The Hall–Kier alpha value is -1.27. The second-order valence-corrected chi connectivity index (χ2v) is 4.53. The van der Waals surface area contributed by atoms with Crippen LogP contribution in [0.15, 0.2) is 0 Å². The van der Waals surface area contributed by atoms with Gasteiger partial charge in [-0.05, 0) is 27.2 Å². The van der Waals surface area contributed by atoms with E-state index < -0.39 is 18.1 Å². The van der Waals surface area contributed by atoms with E-state index in [2.05, 4.69) is 4.74 Å². The minimum Gasteiger partial charge on any atom is -0.462 e. The third kappa shape index (κ3) is 7.59. The molecular formula is C10H16F3NO3. The van der Waals surface area contributed by atoms with Gasteiger partial charge in [0.1, 0.15) is 11.6 Å². The van der Waals surface area contributed by atoms with Gasteiger partial charge in [-0.2, -0.15) is 13.2 Å². The highest BCUT2D eigenvalue weighted by atomic mass is 19.4. The van der Waals surface area contributed by atoms with Crippen LogP contribution in [0.5, 0.6) is 0 Å². The third-order valence-electron chi connectivity index (χ3n) is 1.79. The molecule has 0 aromatic heterocycles. The van der Waals surface area contributed by atoms with Crippen molar-refractivity contribution < 1.29 is 27.5 Å². The molecule has 0 aromatic rings. The van der Waals surface area contributed by atoms with Gasteiger partial charge in [-0.25, -0.2) is 0 Å². The summed E-state index contributed by atoms with van der Waals surface area (Å²) in [5.74, 6) is -0.512. The quantitative estimate of drug-likeness (QED) is 0.727. The van der Waals surface area contributed by atoms with Gasteiger partial charge in [0.2, 0.25) is 5.91 Å². The maximum Gasteiger partial charge on any atom is 0.408 e. The third-order valence-corrected chi connectivity index (χ3v) is 1.79. The summed E-state index contributed by atoms with van der Waals surface area (Å²) >= 11 is 0. The Balaban J connectivity index is 0.000000325. The normalized spacial score (nSPS) is 20.1. The molecule has 17 heavy (non-hydrogen) atoms. The lowest BCUT2D eigenvalue weighted by Crippen LogP contribution is -2.38. The molecule has 1 aliphatic rings. The minimum absolute atomic E-state index is 0.00975. The predicted octanol–water partition coefficient (Wildman–Crippen LogP) is 1.79. The Morgan fingerprint density at radius 2 is 1.88 bits per heavy atom. The van der Waals surface area contributed by atoms with E-state index in [1.807, 2.05) is 26.1 Å². The molecule has 7 heteroatoms. The standard InChI is InChI=1S/C5H6F3NO.C5H10O2/c6-5(7,8)3-1-2-4(10)9-3;1-5(2,3)7-4-6/h3H,1-2H2,(H,9,10);4H,1-3H3. The second kappa shape index (κ2) is 5.88. The van der Waals surface area contributed by atoms with Gasteiger partial charge in [-0.15, -0.1) is 0 Å². The molecule has 1 heterocycles. The number of carbonyl (C=O) groups is 2. The van der Waals surface area contributed by atoms with E-state index >= 15 is 0 Å². The molecule has 4 nitrogen and oxygen atoms in total. The Morgan fingerprint density at radius 1 is 1.35 bits per heavy atom. The summed E-state index contributed by atoms with van der Waals surface area (Å²) < 4.78 is 39.7. The summed E-state index contributed by atoms with van der Waals surface area (Å²) in [6.45, 7) is 5.92. The van der Waals surface area contributed by atoms with Crippen molar-refractivity contribution in [1.29, 1.82) is 0 Å². The maximum atomic E-state index is 11.7. The number of amides is 1. The molecule has 0 spiro atoms. The molecule has 0 aromatic carbocycles. The molecule has 1 atom stereocenters. The number of ether oxygens (including phenoxy) is 1. The number of rotatable bonds is 1. The Kier molecular flexibility index (Phi) is 5.44. The lowest BCUT2D eigenvalue weighted by atomic mass is 10.2. The van der Waals surface area contributed by atoms with Gasteiger partial charge < -0.3 is 10.1 Å². The fourth-order valence-corrected chi connectivity index (χ4v) is 1.00. The molecule has 1 amide bonds. The number of carbonyl (C=O) groups excluding carboxylic acids is 2. The summed E-state index contributed by atoms with van der Waals surface area (Å²) in [4.78, 5) is 19.9. The molecule has 1 rings (SSSR count). The molecule has 1 saturated heterocycles. The summed E-state index contributed by atoms with van der Waals surface area (Å²) in [6, 6.07) is -1.61. The highest BCUT2D eigenvalue weighted by molar-refractivity contribution is 5.78. The van der Waals surface area contributed by atoms with Crippen LogP contribution in [-0.4, -0.2) is 30.2 Å². The Bertz CT molecular complexity index is 271. The van der Waals surface area contributed by atoms with Gasteiger partial charge in [0, 0.05) is 6.42 Å². The fraction of sp³-hybridized carbons (Fsp3) is 0.800. The topological polar surface area (TPSA) is 55.4 Å². The zero-order valence-corrected chi connectivity index (χ0v) is 9.93. The van der Waals surface area contributed by atoms with Crippen molar-refractivity contribution in [3.05, 3.63) is 0 Å². The van der Waals surface area contributed by atoms with Crippen LogP contribution >= 0.6 is 0 Å². The first-order chi connectivity index (χ1) is 7.56. The second-order valence-electron chi connectivity index (χ2n) is 4.53. The van der Waals surface area contributed by atoms with Gasteiger partial charge in [0.15, 0.2) is 0 Å². The summed E-state index contributed by atoms with van der Waals surface area (Å²) in [7, 11) is 0. The van der Waals surface area contributed by atoms with E-state index in [0.29, 0.717) is 6.47 Å². The van der Waals surface area contributed by atoms with E-state index in [1.165, 1.54) is 0 Å². The number of hydrogen-bond acceptors (Lipinski definition) is 3. The van der Waals surface area contributed by atoms with Crippen LogP contribution in [0, 0.1) is 0 Å². The largest absolute Gasteiger partial charge is 0.462 e. The Labute approximate surface area is 97.5 Å². The average molecular weight is 255 g/mol. The summed E-state index contributed by atoms with van der Waals surface area (Å²) in [5.41, 5.74) is -0.318. The van der Waals surface area contributed by atoms with Crippen molar-refractivity contribution in [1.82, 2.24) is 5.32 Å². The van der Waals surface area contributed by atoms with Crippen molar-refractivity contribution >= 4 is 12.4 Å². The molecule has 1 N–H and O–H groups in total. The number of nitrogens with one attached hydrogen (secondary N) is 1. The van der Waals surface area contributed by atoms with Gasteiger partial charge in [0.25, 0.3) is 6.47 Å². The zero-order chi connectivity index (χ0) is 13.7. The van der Waals surface area contributed by atoms with Crippen molar-refractivity contribution in [3.8, 4) is 0 Å². The van der Waals surface area contributed by atoms with Gasteiger partial charge in [0.05, 0.1) is 0 Å². The average Bonchev–Trinajstić information content (AvgIpc) is 2.49. The van der Waals surface area contributed by atoms with E-state index in [-0.39, 0.29) is 18.4 Å². The predicted molar refractivity (Wildman–Crippen MR) is 54.1 cm³/mol. The SMILES string of the molecule is CC(C)(C)OC=O.O=C1CCC(C(F)(F)F)N1. The fourth-order valence-electron chi connectivity index (χ4n) is 1.00. The van der Waals surface area contributed by atoms with E-state index in [9.17, 15) is 22.8 Å². The maximum absolute atomic E-state index is 11.7. The van der Waals surface area contributed by atoms with Crippen LogP contribution in [0.1, 0.15) is 33.6 Å². The lowest BCUT2D eigenvalue weighted by Gasteiger charge is -2.14. The van der Waals surface area contributed by atoms with E-state index in [4.69, 9.17) is 0 Å². The summed E-state index contributed by atoms with van der Waals surface area (Å²) in [6.07, 6.45) is -4.40. The molecule has 0 aliphatic carbocycles. The minimum atomic E-state index is -4.27. The molecular weight excluding hydrogens is 239 g/mol. The molecule has 0 bridgehead atoms. The number of alkyl halides is 3. The van der Waals surface area contributed by atoms with Gasteiger partial charge >= 0.3 is 6.18 Å². The van der Waals surface area contributed by atoms with E-state index in [0.717, 1.165) is 0 Å². The molecule has 1 aliphatic heterocycles. The number of hydrogen-bond donors (Lipinski definition) is 1. The van der Waals surface area contributed by atoms with Crippen LogP contribution < -0.4 is 5.32 Å². The van der Waals surface area contributed by atoms with E-state index in [1.54, 1.807) is 0 Å². The summed E-state index contributed by atoms with van der Waals surface area (Å²) in [5, 5.41) is 1.83. The van der Waals surface area contributed by atoms with Crippen LogP contribution in [0.4, 0.5) is 13.2 Å². The molecule has 1 fully saturated rings. The van der Waals surface area contributed by atoms with Crippen molar-refractivity contribution in [2.24, 2.45) is 0 Å². The Morgan fingerprint density at radius 3 is 2.00 bits per heavy atom. The highest BCUT2D eigenvalue weighted by Gasteiger charge is 2.43. The highest BCUT2D eigenvalue weighted by Crippen LogP contribution is 2.26. The monoisotopic (exact) mass is 255 g/mol. The van der Waals surface area contributed by atoms with Crippen LogP contribution in [0.3, 0.4) is 0 Å². The first-order valence-corrected chi connectivity index (χ1v) is 5.04. The smallest absolute Gasteiger partial charge is 0.408 e. The van der Waals surface area contributed by atoms with Gasteiger partial charge in [-0.3, -0.25) is 9.59 Å². The first kappa shape index (κ1) is 15.7.